The normalized spacial score (nSPS) is 26.4. The third-order valence-electron chi connectivity index (χ3n) is 3.58. The predicted molar refractivity (Wildman–Crippen MR) is 59.5 cm³/mol. The number of rotatable bonds is 4. The number of hydrogen-bond donors (Lipinski definition) is 2. The number of hydrogen-bond acceptors (Lipinski definition) is 3. The van der Waals surface area contributed by atoms with Crippen LogP contribution in [0.25, 0.3) is 0 Å². The molecule has 5 heteroatoms. The molecule has 2 fully saturated rings. The number of likely N-dealkylation sites (N-methyl/N-ethyl adjacent to an activating group) is 1. The average molecular weight is 225 g/mol. The average Bonchev–Trinajstić information content (AvgIpc) is 3.00. The lowest BCUT2D eigenvalue weighted by molar-refractivity contribution is -0.136. The van der Waals surface area contributed by atoms with E-state index in [1.165, 1.54) is 12.8 Å². The molecule has 2 amide bonds. The quantitative estimate of drug-likeness (QED) is 0.665. The summed E-state index contributed by atoms with van der Waals surface area (Å²) in [6.45, 7) is 0.991. The lowest BCUT2D eigenvalue weighted by atomic mass is 10.0. The van der Waals surface area contributed by atoms with Crippen molar-refractivity contribution in [3.8, 4) is 0 Å². The monoisotopic (exact) mass is 225 g/mol. The van der Waals surface area contributed by atoms with Crippen LogP contribution in [0.15, 0.2) is 0 Å². The fraction of sp³-hybridized carbons (Fsp3) is 0.818. The Morgan fingerprint density at radius 3 is 2.75 bits per heavy atom. The first-order chi connectivity index (χ1) is 7.63. The van der Waals surface area contributed by atoms with Crippen LogP contribution in [-0.4, -0.2) is 42.9 Å². The van der Waals surface area contributed by atoms with E-state index in [4.69, 9.17) is 5.73 Å². The van der Waals surface area contributed by atoms with Crippen molar-refractivity contribution in [3.05, 3.63) is 0 Å². The Morgan fingerprint density at radius 2 is 2.31 bits per heavy atom. The molecule has 2 aliphatic rings. The van der Waals surface area contributed by atoms with E-state index in [0.29, 0.717) is 25.4 Å². The van der Waals surface area contributed by atoms with E-state index in [1.54, 1.807) is 11.9 Å². The molecule has 3 N–H and O–H groups in total. The molecule has 0 aromatic heterocycles. The second kappa shape index (κ2) is 4.41. The Bertz CT molecular complexity index is 302. The molecule has 0 aromatic rings. The van der Waals surface area contributed by atoms with Crippen LogP contribution in [0, 0.1) is 11.8 Å². The summed E-state index contributed by atoms with van der Waals surface area (Å²) in [5, 5.41) is 2.69. The van der Waals surface area contributed by atoms with Crippen LogP contribution < -0.4 is 11.1 Å². The molecule has 2 unspecified atom stereocenters. The smallest absolute Gasteiger partial charge is 0.228 e. The minimum absolute atomic E-state index is 0.0255. The van der Waals surface area contributed by atoms with Crippen LogP contribution in [0.5, 0.6) is 0 Å². The zero-order chi connectivity index (χ0) is 11.7. The zero-order valence-electron chi connectivity index (χ0n) is 9.61. The molecule has 1 aliphatic heterocycles. The van der Waals surface area contributed by atoms with Crippen LogP contribution in [0.3, 0.4) is 0 Å². The standard InChI is InChI=1S/C11H19N3O2/c1-14(9(5-12)7-2-3-7)11(16)8-4-10(15)13-6-8/h7-9H,2-6,12H2,1H3,(H,13,15). The van der Waals surface area contributed by atoms with E-state index in [2.05, 4.69) is 5.32 Å². The Hall–Kier alpha value is -1.10. The second-order valence-electron chi connectivity index (χ2n) is 4.79. The number of amides is 2. The van der Waals surface area contributed by atoms with Gasteiger partial charge in [-0.2, -0.15) is 0 Å². The maximum absolute atomic E-state index is 12.1. The van der Waals surface area contributed by atoms with Gasteiger partial charge in [-0.1, -0.05) is 0 Å². The highest BCUT2D eigenvalue weighted by molar-refractivity contribution is 5.89. The molecule has 2 rings (SSSR count). The maximum Gasteiger partial charge on any atom is 0.228 e. The summed E-state index contributed by atoms with van der Waals surface area (Å²) in [7, 11) is 1.81. The van der Waals surface area contributed by atoms with Crippen LogP contribution in [0.4, 0.5) is 0 Å². The van der Waals surface area contributed by atoms with Gasteiger partial charge in [0.15, 0.2) is 0 Å². The van der Waals surface area contributed by atoms with Crippen LogP contribution in [-0.2, 0) is 9.59 Å². The number of carbonyl (C=O) groups is 2. The van der Waals surface area contributed by atoms with Crippen LogP contribution in [0.2, 0.25) is 0 Å². The highest BCUT2D eigenvalue weighted by Crippen LogP contribution is 2.35. The van der Waals surface area contributed by atoms with E-state index in [9.17, 15) is 9.59 Å². The predicted octanol–water partition coefficient (Wildman–Crippen LogP) is -0.682. The Labute approximate surface area is 95.3 Å². The second-order valence-corrected chi connectivity index (χ2v) is 4.79. The molecule has 0 bridgehead atoms. The summed E-state index contributed by atoms with van der Waals surface area (Å²) < 4.78 is 0. The van der Waals surface area contributed by atoms with Gasteiger partial charge in [0.25, 0.3) is 0 Å². The van der Waals surface area contributed by atoms with Gasteiger partial charge in [0, 0.05) is 32.6 Å². The van der Waals surface area contributed by atoms with Crippen molar-refractivity contribution < 1.29 is 9.59 Å². The van der Waals surface area contributed by atoms with E-state index in [0.717, 1.165) is 0 Å². The molecule has 0 spiro atoms. The number of nitrogens with two attached hydrogens (primary N) is 1. The molecule has 1 heterocycles. The first-order valence-electron chi connectivity index (χ1n) is 5.87. The molecule has 0 aromatic carbocycles. The van der Waals surface area contributed by atoms with Crippen molar-refractivity contribution in [1.82, 2.24) is 10.2 Å². The molecule has 1 saturated carbocycles. The van der Waals surface area contributed by atoms with Gasteiger partial charge < -0.3 is 16.0 Å². The molecule has 16 heavy (non-hydrogen) atoms. The summed E-state index contributed by atoms with van der Waals surface area (Å²) in [4.78, 5) is 24.9. The first-order valence-corrected chi connectivity index (χ1v) is 5.87. The third-order valence-corrected chi connectivity index (χ3v) is 3.58. The Kier molecular flexibility index (Phi) is 3.14. The molecular weight excluding hydrogens is 206 g/mol. The molecule has 90 valence electrons. The van der Waals surface area contributed by atoms with Crippen molar-refractivity contribution in [1.29, 1.82) is 0 Å². The molecule has 0 radical (unpaired) electrons. The highest BCUT2D eigenvalue weighted by atomic mass is 16.2. The van der Waals surface area contributed by atoms with Gasteiger partial charge in [-0.05, 0) is 18.8 Å². The number of nitrogens with one attached hydrogen (secondary N) is 1. The van der Waals surface area contributed by atoms with Gasteiger partial charge in [0.1, 0.15) is 0 Å². The molecule has 5 nitrogen and oxygen atoms in total. The van der Waals surface area contributed by atoms with Crippen molar-refractivity contribution in [2.24, 2.45) is 17.6 Å². The SMILES string of the molecule is CN(C(=O)C1CNC(=O)C1)C(CN)C1CC1. The minimum Gasteiger partial charge on any atom is -0.355 e. The largest absolute Gasteiger partial charge is 0.355 e. The van der Waals surface area contributed by atoms with Gasteiger partial charge in [0.2, 0.25) is 11.8 Å². The molecule has 1 saturated heterocycles. The van der Waals surface area contributed by atoms with Crippen LogP contribution in [0.1, 0.15) is 19.3 Å². The van der Waals surface area contributed by atoms with E-state index in [1.807, 2.05) is 0 Å². The summed E-state index contributed by atoms with van der Waals surface area (Å²) in [5.74, 6) is 0.414. The van der Waals surface area contributed by atoms with Gasteiger partial charge in [-0.3, -0.25) is 9.59 Å². The summed E-state index contributed by atoms with van der Waals surface area (Å²) >= 11 is 0. The van der Waals surface area contributed by atoms with Gasteiger partial charge in [-0.15, -0.1) is 0 Å². The minimum atomic E-state index is -0.190. The molecule has 1 aliphatic carbocycles. The summed E-state index contributed by atoms with van der Waals surface area (Å²) in [5.41, 5.74) is 5.70. The highest BCUT2D eigenvalue weighted by Gasteiger charge is 2.38. The van der Waals surface area contributed by atoms with E-state index < -0.39 is 0 Å². The third kappa shape index (κ3) is 2.19. The maximum atomic E-state index is 12.1. The summed E-state index contributed by atoms with van der Waals surface area (Å²) in [6.07, 6.45) is 2.66. The van der Waals surface area contributed by atoms with Gasteiger partial charge in [0.05, 0.1) is 5.92 Å². The van der Waals surface area contributed by atoms with Gasteiger partial charge >= 0.3 is 0 Å². The van der Waals surface area contributed by atoms with Crippen molar-refractivity contribution in [2.75, 3.05) is 20.1 Å². The lowest BCUT2D eigenvalue weighted by Gasteiger charge is -2.29. The Morgan fingerprint density at radius 1 is 1.62 bits per heavy atom. The van der Waals surface area contributed by atoms with E-state index >= 15 is 0 Å². The fourth-order valence-electron chi connectivity index (χ4n) is 2.38. The topological polar surface area (TPSA) is 75.4 Å². The van der Waals surface area contributed by atoms with Crippen molar-refractivity contribution in [2.45, 2.75) is 25.3 Å². The lowest BCUT2D eigenvalue weighted by Crippen LogP contribution is -2.46. The fourth-order valence-corrected chi connectivity index (χ4v) is 2.38. The zero-order valence-corrected chi connectivity index (χ0v) is 9.61. The van der Waals surface area contributed by atoms with Crippen molar-refractivity contribution in [3.63, 3.8) is 0 Å². The van der Waals surface area contributed by atoms with Crippen molar-refractivity contribution >= 4 is 11.8 Å². The number of carbonyl (C=O) groups excluding carboxylic acids is 2. The van der Waals surface area contributed by atoms with Crippen LogP contribution >= 0.6 is 0 Å². The van der Waals surface area contributed by atoms with Gasteiger partial charge in [-0.25, -0.2) is 0 Å². The molecule has 2 atom stereocenters. The first kappa shape index (κ1) is 11.4. The van der Waals surface area contributed by atoms with E-state index in [-0.39, 0.29) is 23.8 Å². The Balaban J connectivity index is 1.94. The summed E-state index contributed by atoms with van der Waals surface area (Å²) in [6, 6.07) is 0.156. The molecular formula is C11H19N3O2. The number of nitrogens with zero attached hydrogens (tertiary/aromatic N) is 1.